The normalized spacial score (nSPS) is 19.3. The van der Waals surface area contributed by atoms with Crippen molar-refractivity contribution in [3.05, 3.63) is 104 Å². The number of fused-ring (bicyclic) bond motifs is 2. The van der Waals surface area contributed by atoms with Crippen LogP contribution in [-0.2, 0) is 46.0 Å². The number of carbonyl (C=O) groups excluding carboxylic acids is 5. The molecular weight excluding hydrogens is 967 g/mol. The number of rotatable bonds is 12. The molecule has 372 valence electrons. The highest BCUT2D eigenvalue weighted by Gasteiger charge is 2.62. The minimum atomic E-state index is -3.08. The first-order chi connectivity index (χ1) is 31.8. The van der Waals surface area contributed by atoms with E-state index in [1.807, 2.05) is 0 Å². The van der Waals surface area contributed by atoms with Crippen LogP contribution >= 0.6 is 23.2 Å². The van der Waals surface area contributed by atoms with Gasteiger partial charge in [0.25, 0.3) is 23.7 Å². The van der Waals surface area contributed by atoms with Gasteiger partial charge < -0.3 is 50.7 Å². The van der Waals surface area contributed by atoms with Crippen molar-refractivity contribution in [2.75, 3.05) is 23.8 Å². The molecule has 24 heteroatoms. The minimum Gasteiger partial charge on any atom is -0.481 e. The van der Waals surface area contributed by atoms with Gasteiger partial charge in [0.15, 0.2) is 0 Å². The number of anilines is 2. The molecule has 2 aromatic carbocycles. The third kappa shape index (κ3) is 10.9. The first-order valence-corrected chi connectivity index (χ1v) is 21.6. The zero-order valence-electron chi connectivity index (χ0n) is 36.1. The number of hydrogen-bond donors (Lipinski definition) is 6. The Morgan fingerprint density at radius 2 is 1.07 bits per heavy atom. The number of nitrogens with one attached hydrogen (secondary N) is 4. The Labute approximate surface area is 400 Å². The molecule has 2 aromatic heterocycles. The van der Waals surface area contributed by atoms with Gasteiger partial charge in [0.05, 0.1) is 27.5 Å². The van der Waals surface area contributed by atoms with Crippen LogP contribution in [0.25, 0.3) is 0 Å². The zero-order valence-corrected chi connectivity index (χ0v) is 37.6. The number of carbonyl (C=O) groups is 6. The van der Waals surface area contributed by atoms with Gasteiger partial charge >= 0.3 is 18.2 Å². The fraction of sp³-hybridized carbons (Fsp3) is 0.422. The Hall–Kier alpha value is -6.42. The van der Waals surface area contributed by atoms with Gasteiger partial charge in [-0.25, -0.2) is 35.9 Å². The van der Waals surface area contributed by atoms with E-state index < -0.39 is 121 Å². The van der Waals surface area contributed by atoms with Crippen LogP contribution < -0.4 is 27.0 Å². The van der Waals surface area contributed by atoms with E-state index in [2.05, 4.69) is 21.3 Å². The van der Waals surface area contributed by atoms with Gasteiger partial charge in [0.1, 0.15) is 41.7 Å². The van der Waals surface area contributed by atoms with Gasteiger partial charge in [0, 0.05) is 63.5 Å². The van der Waals surface area contributed by atoms with E-state index in [1.54, 1.807) is 35.6 Å². The van der Waals surface area contributed by atoms with Gasteiger partial charge in [-0.2, -0.15) is 0 Å². The Morgan fingerprint density at radius 3 is 1.42 bits per heavy atom. The van der Waals surface area contributed by atoms with Crippen LogP contribution in [-0.4, -0.2) is 75.2 Å². The first kappa shape index (κ1) is 52.0. The molecule has 2 fully saturated rings. The predicted octanol–water partition coefficient (Wildman–Crippen LogP) is 8.60. The fourth-order valence-electron chi connectivity index (χ4n) is 9.15. The Morgan fingerprint density at radius 1 is 0.696 bits per heavy atom. The number of alkyl halides is 4. The van der Waals surface area contributed by atoms with Crippen molar-refractivity contribution in [2.45, 2.75) is 82.7 Å². The standard InChI is InChI=1S/C22H22ClF3N4O4.C22H21ClF3N3O5.CH4/c1-30-7-13-12(17(30)18(31)28-11-2-4-15(24)14(23)6-11)3-5-16(13)29-20(33)34-10-21(19(27)32)8-22(25,26)9-21;1-29-7-13-12(17(29)18(30)27-11-2-4-15(24)14(23)6-11)3-5-16(13)28-20(33)34-10-21(19(31)32)8-22(25,26)9-21;/h2,4,6-7,16H,3,5,8-10H2,1H3,(H2,27,32)(H,28,31)(H,29,33);2,4,6-7,16H,3,5,8-10H2,1H3,(H,27,30)(H,28,33)(H,31,32);1H4. The van der Waals surface area contributed by atoms with E-state index in [1.165, 1.54) is 24.3 Å². The maximum absolute atomic E-state index is 13.4. The lowest BCUT2D eigenvalue weighted by atomic mass is 9.66. The molecule has 2 heterocycles. The number of aromatic nitrogens is 2. The van der Waals surface area contributed by atoms with Crippen molar-refractivity contribution in [1.29, 1.82) is 0 Å². The molecule has 16 nitrogen and oxygen atoms in total. The summed E-state index contributed by atoms with van der Waals surface area (Å²) >= 11 is 11.5. The molecule has 4 aliphatic rings. The summed E-state index contributed by atoms with van der Waals surface area (Å²) in [6.45, 7) is -1.20. The van der Waals surface area contributed by atoms with Crippen LogP contribution in [0, 0.1) is 22.5 Å². The predicted molar refractivity (Wildman–Crippen MR) is 237 cm³/mol. The maximum Gasteiger partial charge on any atom is 0.407 e. The van der Waals surface area contributed by atoms with Crippen LogP contribution in [0.1, 0.15) is 101 Å². The number of carboxylic acids is 1. The molecule has 4 aliphatic carbocycles. The molecule has 8 rings (SSSR count). The number of amides is 5. The minimum absolute atomic E-state index is 0. The van der Waals surface area contributed by atoms with Crippen LogP contribution in [0.15, 0.2) is 48.8 Å². The average Bonchev–Trinajstić information content (AvgIpc) is 3.98. The maximum atomic E-state index is 13.4. The van der Waals surface area contributed by atoms with Crippen molar-refractivity contribution in [3.63, 3.8) is 0 Å². The zero-order chi connectivity index (χ0) is 49.7. The van der Waals surface area contributed by atoms with Crippen LogP contribution in [0.2, 0.25) is 10.0 Å². The van der Waals surface area contributed by atoms with E-state index in [-0.39, 0.29) is 17.5 Å². The lowest BCUT2D eigenvalue weighted by Gasteiger charge is -2.44. The number of alkyl carbamates (subject to hydrolysis) is 2. The van der Waals surface area contributed by atoms with Crippen LogP contribution in [0.3, 0.4) is 0 Å². The molecule has 4 aromatic rings. The average molecular weight is 1010 g/mol. The highest BCUT2D eigenvalue weighted by atomic mass is 35.5. The highest BCUT2D eigenvalue weighted by molar-refractivity contribution is 6.31. The van der Waals surface area contributed by atoms with Crippen molar-refractivity contribution >= 4 is 70.5 Å². The van der Waals surface area contributed by atoms with Gasteiger partial charge in [-0.05, 0) is 84.3 Å². The van der Waals surface area contributed by atoms with Crippen molar-refractivity contribution < 1.29 is 69.7 Å². The van der Waals surface area contributed by atoms with E-state index in [0.29, 0.717) is 65.1 Å². The third-order valence-corrected chi connectivity index (χ3v) is 13.0. The number of ether oxygens (including phenoxy) is 2. The summed E-state index contributed by atoms with van der Waals surface area (Å²) in [5, 5.41) is 19.6. The van der Waals surface area contributed by atoms with Gasteiger partial charge in [-0.15, -0.1) is 0 Å². The molecular formula is C45H47Cl2F6N7O9. The van der Waals surface area contributed by atoms with E-state index in [9.17, 15) is 60.2 Å². The van der Waals surface area contributed by atoms with Crippen molar-refractivity contribution in [1.82, 2.24) is 19.8 Å². The number of primary amides is 1. The second-order valence-electron chi connectivity index (χ2n) is 17.5. The van der Waals surface area contributed by atoms with Gasteiger partial charge in [0.2, 0.25) is 5.91 Å². The van der Waals surface area contributed by atoms with Crippen molar-refractivity contribution in [2.24, 2.45) is 30.7 Å². The number of nitrogens with two attached hydrogens (primary N) is 1. The number of benzene rings is 2. The van der Waals surface area contributed by atoms with Crippen LogP contribution in [0.4, 0.5) is 47.3 Å². The number of hydrogen-bond acceptors (Lipinski definition) is 8. The molecule has 2 unspecified atom stereocenters. The summed E-state index contributed by atoms with van der Waals surface area (Å²) in [5.41, 5.74) is 6.08. The summed E-state index contributed by atoms with van der Waals surface area (Å²) < 4.78 is 92.9. The third-order valence-electron chi connectivity index (χ3n) is 12.4. The van der Waals surface area contributed by atoms with Gasteiger partial charge in [-0.3, -0.25) is 19.2 Å². The summed E-state index contributed by atoms with van der Waals surface area (Å²) in [5.74, 6) is -10.5. The molecule has 0 spiro atoms. The summed E-state index contributed by atoms with van der Waals surface area (Å²) in [6, 6.07) is 6.67. The quantitative estimate of drug-likeness (QED) is 0.0747. The largest absolute Gasteiger partial charge is 0.481 e. The molecule has 69 heavy (non-hydrogen) atoms. The molecule has 0 aliphatic heterocycles. The number of nitrogens with zero attached hydrogens (tertiary/aromatic N) is 2. The Kier molecular flexibility index (Phi) is 14.7. The topological polar surface area (TPSA) is 225 Å². The van der Waals surface area contributed by atoms with Crippen molar-refractivity contribution in [3.8, 4) is 0 Å². The monoisotopic (exact) mass is 1010 g/mol. The Balaban J connectivity index is 0.000000224. The molecule has 0 bridgehead atoms. The first-order valence-electron chi connectivity index (χ1n) is 20.9. The van der Waals surface area contributed by atoms with Crippen LogP contribution in [0.5, 0.6) is 0 Å². The molecule has 0 radical (unpaired) electrons. The molecule has 7 N–H and O–H groups in total. The van der Waals surface area contributed by atoms with E-state index in [0.717, 1.165) is 17.7 Å². The second kappa shape index (κ2) is 19.5. The summed E-state index contributed by atoms with van der Waals surface area (Å²) in [4.78, 5) is 73.2. The fourth-order valence-corrected chi connectivity index (χ4v) is 9.51. The molecule has 0 saturated heterocycles. The summed E-state index contributed by atoms with van der Waals surface area (Å²) in [7, 11) is 3.33. The lowest BCUT2D eigenvalue weighted by Crippen LogP contribution is -2.56. The number of aliphatic carboxylic acids is 1. The molecule has 2 atom stereocenters. The smallest absolute Gasteiger partial charge is 0.407 e. The number of halogens is 8. The second-order valence-corrected chi connectivity index (χ2v) is 18.3. The lowest BCUT2D eigenvalue weighted by molar-refractivity contribution is -0.201. The number of aryl methyl sites for hydroxylation is 2. The Bertz CT molecular complexity index is 2530. The number of carboxylic acid groups (broad SMARTS) is 1. The highest BCUT2D eigenvalue weighted by Crippen LogP contribution is 2.53. The van der Waals surface area contributed by atoms with Gasteiger partial charge in [-0.1, -0.05) is 30.6 Å². The molecule has 5 amide bonds. The molecule has 2 saturated carbocycles. The van der Waals surface area contributed by atoms with E-state index >= 15 is 0 Å². The summed E-state index contributed by atoms with van der Waals surface area (Å²) in [6.07, 6.45) is 0.230. The van der Waals surface area contributed by atoms with E-state index in [4.69, 9.17) is 38.4 Å². The SMILES string of the molecule is C.Cn1cc2c(c1C(=O)Nc1ccc(F)c(Cl)c1)CCC2NC(=O)OCC1(C(=O)O)CC(F)(F)C1.Cn1cc2c(c1C(=O)Nc1ccc(F)c(Cl)c1)CCC2NC(=O)OCC1(C(N)=O)CC(F)(F)C1.